The van der Waals surface area contributed by atoms with Gasteiger partial charge in [0.2, 0.25) is 5.91 Å². The summed E-state index contributed by atoms with van der Waals surface area (Å²) in [4.78, 5) is 36.7. The molecule has 25 heavy (non-hydrogen) atoms. The fraction of sp³-hybridized carbons (Fsp3) is 0.211. The minimum absolute atomic E-state index is 0.0236. The number of carboxylic acids is 1. The van der Waals surface area contributed by atoms with Crippen molar-refractivity contribution in [1.29, 1.82) is 0 Å². The number of aromatic carboxylic acids is 1. The number of carboxylic acid groups (broad SMARTS) is 1. The van der Waals surface area contributed by atoms with Gasteiger partial charge in [-0.1, -0.05) is 42.5 Å². The Morgan fingerprint density at radius 1 is 0.880 bits per heavy atom. The number of nitrogens with two attached hydrogens (primary N) is 1. The molecule has 2 rings (SSSR count). The maximum Gasteiger partial charge on any atom is 0.336 e. The van der Waals surface area contributed by atoms with Crippen LogP contribution in [-0.4, -0.2) is 40.9 Å². The summed E-state index contributed by atoms with van der Waals surface area (Å²) >= 11 is 0. The molecule has 0 aliphatic heterocycles. The van der Waals surface area contributed by atoms with Crippen LogP contribution in [0.25, 0.3) is 0 Å². The number of benzene rings is 2. The van der Waals surface area contributed by atoms with Gasteiger partial charge in [-0.25, -0.2) is 4.79 Å². The average Bonchev–Trinajstić information content (AvgIpc) is 2.62. The number of carbonyl (C=O) groups is 3. The van der Waals surface area contributed by atoms with Crippen molar-refractivity contribution < 1.29 is 19.5 Å². The lowest BCUT2D eigenvalue weighted by molar-refractivity contribution is -0.118. The fourth-order valence-corrected chi connectivity index (χ4v) is 2.50. The molecule has 0 fully saturated rings. The average molecular weight is 340 g/mol. The van der Waals surface area contributed by atoms with Crippen LogP contribution >= 0.6 is 0 Å². The van der Waals surface area contributed by atoms with Crippen LogP contribution in [0.4, 0.5) is 0 Å². The second-order valence-corrected chi connectivity index (χ2v) is 5.59. The molecule has 0 aliphatic rings. The predicted octanol–water partition coefficient (Wildman–Crippen LogP) is 1.95. The van der Waals surface area contributed by atoms with Crippen LogP contribution in [-0.2, 0) is 11.2 Å². The minimum atomic E-state index is -1.16. The monoisotopic (exact) mass is 340 g/mol. The van der Waals surface area contributed by atoms with Gasteiger partial charge in [0.05, 0.1) is 11.1 Å². The van der Waals surface area contributed by atoms with E-state index in [1.807, 2.05) is 30.3 Å². The van der Waals surface area contributed by atoms with Gasteiger partial charge in [-0.05, 0) is 24.1 Å². The predicted molar refractivity (Wildman–Crippen MR) is 93.3 cm³/mol. The van der Waals surface area contributed by atoms with Gasteiger partial charge in [0, 0.05) is 19.5 Å². The zero-order chi connectivity index (χ0) is 18.2. The Hall–Kier alpha value is -3.15. The Balaban J connectivity index is 2.20. The Labute approximate surface area is 145 Å². The zero-order valence-corrected chi connectivity index (χ0v) is 13.7. The lowest BCUT2D eigenvalue weighted by Gasteiger charge is -2.23. The first kappa shape index (κ1) is 18.2. The maximum absolute atomic E-state index is 12.8. The number of hydrogen-bond donors (Lipinski definition) is 2. The molecule has 2 aromatic rings. The molecule has 0 spiro atoms. The van der Waals surface area contributed by atoms with E-state index in [1.165, 1.54) is 17.0 Å². The summed E-state index contributed by atoms with van der Waals surface area (Å²) in [5.74, 6) is -2.10. The van der Waals surface area contributed by atoms with Crippen LogP contribution < -0.4 is 5.73 Å². The van der Waals surface area contributed by atoms with Crippen LogP contribution in [0.1, 0.15) is 32.7 Å². The molecule has 2 amide bonds. The number of hydrogen-bond acceptors (Lipinski definition) is 3. The van der Waals surface area contributed by atoms with Gasteiger partial charge in [0.25, 0.3) is 5.91 Å². The molecule has 0 bridgehead atoms. The van der Waals surface area contributed by atoms with Gasteiger partial charge < -0.3 is 15.7 Å². The first-order valence-corrected chi connectivity index (χ1v) is 7.93. The first-order valence-electron chi connectivity index (χ1n) is 7.93. The smallest absolute Gasteiger partial charge is 0.336 e. The molecule has 0 aliphatic carbocycles. The van der Waals surface area contributed by atoms with E-state index in [0.717, 1.165) is 5.56 Å². The van der Waals surface area contributed by atoms with Crippen LogP contribution in [0, 0.1) is 0 Å². The van der Waals surface area contributed by atoms with Crippen LogP contribution in [0.2, 0.25) is 0 Å². The van der Waals surface area contributed by atoms with Crippen molar-refractivity contribution in [3.05, 3.63) is 71.3 Å². The standard InChI is InChI=1S/C19H20N2O4/c20-17(22)11-13-21(12-10-14-6-2-1-3-7-14)18(23)15-8-4-5-9-16(15)19(24)25/h1-9H,10-13H2,(H2,20,22)(H,24,25). The number of amides is 2. The van der Waals surface area contributed by atoms with Gasteiger partial charge in [-0.3, -0.25) is 9.59 Å². The van der Waals surface area contributed by atoms with Gasteiger partial charge in [0.1, 0.15) is 0 Å². The topological polar surface area (TPSA) is 101 Å². The van der Waals surface area contributed by atoms with Gasteiger partial charge in [-0.15, -0.1) is 0 Å². The van der Waals surface area contributed by atoms with Crippen molar-refractivity contribution in [2.75, 3.05) is 13.1 Å². The van der Waals surface area contributed by atoms with E-state index in [1.54, 1.807) is 12.1 Å². The maximum atomic E-state index is 12.8. The van der Waals surface area contributed by atoms with E-state index >= 15 is 0 Å². The molecule has 6 nitrogen and oxygen atoms in total. The molecule has 0 unspecified atom stereocenters. The SMILES string of the molecule is NC(=O)CCN(CCc1ccccc1)C(=O)c1ccccc1C(=O)O. The molecule has 0 saturated heterocycles. The van der Waals surface area contributed by atoms with Crippen LogP contribution in [0.5, 0.6) is 0 Å². The molecule has 0 radical (unpaired) electrons. The fourth-order valence-electron chi connectivity index (χ4n) is 2.50. The number of nitrogens with zero attached hydrogens (tertiary/aromatic N) is 1. The molecule has 3 N–H and O–H groups in total. The highest BCUT2D eigenvalue weighted by Gasteiger charge is 2.21. The Morgan fingerprint density at radius 2 is 1.48 bits per heavy atom. The van der Waals surface area contributed by atoms with Crippen molar-refractivity contribution in [1.82, 2.24) is 4.90 Å². The summed E-state index contributed by atoms with van der Waals surface area (Å²) < 4.78 is 0. The highest BCUT2D eigenvalue weighted by Crippen LogP contribution is 2.13. The first-order chi connectivity index (χ1) is 12.0. The molecule has 2 aromatic carbocycles. The minimum Gasteiger partial charge on any atom is -0.478 e. The molecular formula is C19H20N2O4. The van der Waals surface area contributed by atoms with Crippen molar-refractivity contribution in [2.45, 2.75) is 12.8 Å². The van der Waals surface area contributed by atoms with E-state index in [9.17, 15) is 19.5 Å². The van der Waals surface area contributed by atoms with E-state index in [2.05, 4.69) is 0 Å². The van der Waals surface area contributed by atoms with Crippen LogP contribution in [0.15, 0.2) is 54.6 Å². The summed E-state index contributed by atoms with van der Waals surface area (Å²) in [5, 5.41) is 9.28. The Kier molecular flexibility index (Phi) is 6.28. The van der Waals surface area contributed by atoms with Crippen molar-refractivity contribution in [3.8, 4) is 0 Å². The Bertz CT molecular complexity index is 759. The molecule has 130 valence electrons. The third-order valence-electron chi connectivity index (χ3n) is 3.82. The number of rotatable bonds is 8. The second-order valence-electron chi connectivity index (χ2n) is 5.59. The summed E-state index contributed by atoms with van der Waals surface area (Å²) in [6.45, 7) is 0.513. The summed E-state index contributed by atoms with van der Waals surface area (Å²) in [6, 6.07) is 15.7. The highest BCUT2D eigenvalue weighted by molar-refractivity contribution is 6.04. The summed E-state index contributed by atoms with van der Waals surface area (Å²) in [6.07, 6.45) is 0.621. The zero-order valence-electron chi connectivity index (χ0n) is 13.7. The lowest BCUT2D eigenvalue weighted by atomic mass is 10.1. The highest BCUT2D eigenvalue weighted by atomic mass is 16.4. The number of primary amides is 1. The van der Waals surface area contributed by atoms with E-state index in [-0.39, 0.29) is 24.1 Å². The summed E-state index contributed by atoms with van der Waals surface area (Å²) in [5.41, 5.74) is 6.29. The normalized spacial score (nSPS) is 10.2. The van der Waals surface area contributed by atoms with Gasteiger partial charge in [-0.2, -0.15) is 0 Å². The quantitative estimate of drug-likeness (QED) is 0.767. The molecule has 0 atom stereocenters. The van der Waals surface area contributed by atoms with E-state index in [0.29, 0.717) is 13.0 Å². The Morgan fingerprint density at radius 3 is 2.08 bits per heavy atom. The van der Waals surface area contributed by atoms with Crippen LogP contribution in [0.3, 0.4) is 0 Å². The van der Waals surface area contributed by atoms with Crippen molar-refractivity contribution in [2.24, 2.45) is 5.73 Å². The third-order valence-corrected chi connectivity index (χ3v) is 3.82. The van der Waals surface area contributed by atoms with Gasteiger partial charge in [0.15, 0.2) is 0 Å². The van der Waals surface area contributed by atoms with E-state index in [4.69, 9.17) is 5.73 Å². The van der Waals surface area contributed by atoms with Crippen molar-refractivity contribution in [3.63, 3.8) is 0 Å². The largest absolute Gasteiger partial charge is 0.478 e. The molecule has 0 saturated carbocycles. The molecule has 6 heteroatoms. The third kappa shape index (κ3) is 5.17. The summed E-state index contributed by atoms with van der Waals surface area (Å²) in [7, 11) is 0. The van der Waals surface area contributed by atoms with E-state index < -0.39 is 17.8 Å². The molecule has 0 heterocycles. The lowest BCUT2D eigenvalue weighted by Crippen LogP contribution is -2.36. The molecule has 0 aromatic heterocycles. The van der Waals surface area contributed by atoms with Crippen molar-refractivity contribution >= 4 is 17.8 Å². The van der Waals surface area contributed by atoms with Gasteiger partial charge >= 0.3 is 5.97 Å². The number of carbonyl (C=O) groups excluding carboxylic acids is 2. The second kappa shape index (κ2) is 8.63. The molecular weight excluding hydrogens is 320 g/mol.